The van der Waals surface area contributed by atoms with Gasteiger partial charge in [0.1, 0.15) is 5.82 Å². The van der Waals surface area contributed by atoms with Crippen LogP contribution in [0, 0.1) is 12.7 Å². The standard InChI is InChI=1S/C11H16FNO3S/c1-8-4-5-10(6-11(8)12)17(15,16)13(3)9(2)7-14/h4-6,9,14H,7H2,1-3H3. The van der Waals surface area contributed by atoms with E-state index in [2.05, 4.69) is 0 Å². The Morgan fingerprint density at radius 3 is 2.53 bits per heavy atom. The number of likely N-dealkylation sites (N-methyl/N-ethyl adjacent to an activating group) is 1. The molecule has 0 spiro atoms. The molecule has 1 atom stereocenters. The molecule has 0 aliphatic rings. The van der Waals surface area contributed by atoms with Crippen molar-refractivity contribution in [2.24, 2.45) is 0 Å². The van der Waals surface area contributed by atoms with E-state index in [1.807, 2.05) is 0 Å². The maximum atomic E-state index is 13.3. The Balaban J connectivity index is 3.17. The van der Waals surface area contributed by atoms with Crippen molar-refractivity contribution in [1.82, 2.24) is 4.31 Å². The number of halogens is 1. The second-order valence-corrected chi connectivity index (χ2v) is 5.96. The van der Waals surface area contributed by atoms with Crippen molar-refractivity contribution in [3.05, 3.63) is 29.6 Å². The van der Waals surface area contributed by atoms with Crippen molar-refractivity contribution in [1.29, 1.82) is 0 Å². The van der Waals surface area contributed by atoms with Gasteiger partial charge in [-0.1, -0.05) is 6.07 Å². The molecule has 1 aromatic rings. The van der Waals surface area contributed by atoms with E-state index in [1.165, 1.54) is 19.2 Å². The second kappa shape index (κ2) is 5.12. The van der Waals surface area contributed by atoms with Crippen molar-refractivity contribution in [2.45, 2.75) is 24.8 Å². The number of aliphatic hydroxyl groups excluding tert-OH is 1. The maximum absolute atomic E-state index is 13.3. The summed E-state index contributed by atoms with van der Waals surface area (Å²) in [6.45, 7) is 2.85. The van der Waals surface area contributed by atoms with Crippen LogP contribution in [-0.4, -0.2) is 37.5 Å². The van der Waals surface area contributed by atoms with E-state index in [0.717, 1.165) is 10.4 Å². The molecule has 0 aromatic heterocycles. The highest BCUT2D eigenvalue weighted by Gasteiger charge is 2.25. The summed E-state index contributed by atoms with van der Waals surface area (Å²) in [6, 6.07) is 3.21. The predicted molar refractivity (Wildman–Crippen MR) is 62.6 cm³/mol. The quantitative estimate of drug-likeness (QED) is 0.884. The first-order valence-electron chi connectivity index (χ1n) is 5.15. The molecule has 0 fully saturated rings. The van der Waals surface area contributed by atoms with Gasteiger partial charge in [0.15, 0.2) is 0 Å². The molecule has 0 amide bonds. The van der Waals surface area contributed by atoms with Crippen LogP contribution in [0.2, 0.25) is 0 Å². The van der Waals surface area contributed by atoms with Crippen LogP contribution >= 0.6 is 0 Å². The molecule has 0 bridgehead atoms. The van der Waals surface area contributed by atoms with Crippen LogP contribution in [-0.2, 0) is 10.0 Å². The van der Waals surface area contributed by atoms with Gasteiger partial charge in [0.05, 0.1) is 11.5 Å². The first kappa shape index (κ1) is 14.1. The van der Waals surface area contributed by atoms with Gasteiger partial charge in [-0.25, -0.2) is 12.8 Å². The monoisotopic (exact) mass is 261 g/mol. The number of nitrogens with zero attached hydrogens (tertiary/aromatic N) is 1. The summed E-state index contributed by atoms with van der Waals surface area (Å²) in [5.74, 6) is -0.559. The highest BCUT2D eigenvalue weighted by atomic mass is 32.2. The van der Waals surface area contributed by atoms with Gasteiger partial charge < -0.3 is 5.11 Å². The number of aliphatic hydroxyl groups is 1. The second-order valence-electron chi connectivity index (χ2n) is 3.96. The van der Waals surface area contributed by atoms with Gasteiger partial charge in [0.2, 0.25) is 10.0 Å². The normalized spacial score (nSPS) is 14.0. The summed E-state index contributed by atoms with van der Waals surface area (Å²) >= 11 is 0. The maximum Gasteiger partial charge on any atom is 0.243 e. The van der Waals surface area contributed by atoms with Gasteiger partial charge in [-0.3, -0.25) is 0 Å². The molecular weight excluding hydrogens is 245 g/mol. The Kier molecular flexibility index (Phi) is 4.24. The minimum atomic E-state index is -3.76. The van der Waals surface area contributed by atoms with Gasteiger partial charge in [0.25, 0.3) is 0 Å². The molecule has 4 nitrogen and oxygen atoms in total. The molecule has 1 unspecified atom stereocenters. The smallest absolute Gasteiger partial charge is 0.243 e. The number of aryl methyl sites for hydroxylation is 1. The molecule has 96 valence electrons. The summed E-state index contributed by atoms with van der Waals surface area (Å²) in [4.78, 5) is -0.108. The highest BCUT2D eigenvalue weighted by Crippen LogP contribution is 2.19. The van der Waals surface area contributed by atoms with Gasteiger partial charge in [-0.05, 0) is 31.5 Å². The Bertz CT molecular complexity index is 501. The zero-order chi connectivity index (χ0) is 13.2. The van der Waals surface area contributed by atoms with E-state index in [1.54, 1.807) is 13.8 Å². The van der Waals surface area contributed by atoms with Crippen LogP contribution in [0.3, 0.4) is 0 Å². The zero-order valence-electron chi connectivity index (χ0n) is 10.0. The van der Waals surface area contributed by atoms with Gasteiger partial charge in [0, 0.05) is 13.1 Å². The molecule has 0 heterocycles. The average molecular weight is 261 g/mol. The van der Waals surface area contributed by atoms with E-state index in [9.17, 15) is 12.8 Å². The Morgan fingerprint density at radius 2 is 2.06 bits per heavy atom. The molecule has 17 heavy (non-hydrogen) atoms. The molecule has 1 rings (SSSR count). The zero-order valence-corrected chi connectivity index (χ0v) is 10.8. The molecular formula is C11H16FNO3S. The van der Waals surface area contributed by atoms with Crippen LogP contribution in [0.4, 0.5) is 4.39 Å². The average Bonchev–Trinajstić information content (AvgIpc) is 2.30. The molecule has 0 aliphatic heterocycles. The summed E-state index contributed by atoms with van der Waals surface area (Å²) in [5.41, 5.74) is 0.391. The van der Waals surface area contributed by atoms with E-state index in [-0.39, 0.29) is 11.5 Å². The molecule has 1 aromatic carbocycles. The summed E-state index contributed by atoms with van der Waals surface area (Å²) in [7, 11) is -2.40. The third-order valence-corrected chi connectivity index (χ3v) is 4.67. The molecule has 6 heteroatoms. The number of rotatable bonds is 4. The molecule has 0 saturated carbocycles. The predicted octanol–water partition coefficient (Wildman–Crippen LogP) is 1.14. The topological polar surface area (TPSA) is 57.6 Å². The van der Waals surface area contributed by atoms with Crippen LogP contribution < -0.4 is 0 Å². The largest absolute Gasteiger partial charge is 0.395 e. The van der Waals surface area contributed by atoms with E-state index in [0.29, 0.717) is 5.56 Å². The minimum absolute atomic E-state index is 0.108. The van der Waals surface area contributed by atoms with Crippen LogP contribution in [0.25, 0.3) is 0 Å². The molecule has 0 saturated heterocycles. The SMILES string of the molecule is Cc1ccc(S(=O)(=O)N(C)C(C)CO)cc1F. The number of sulfonamides is 1. The highest BCUT2D eigenvalue weighted by molar-refractivity contribution is 7.89. The fourth-order valence-corrected chi connectivity index (χ4v) is 2.62. The molecule has 0 radical (unpaired) electrons. The Labute approximate surface area is 101 Å². The summed E-state index contributed by atoms with van der Waals surface area (Å²) in [5, 5.41) is 8.93. The lowest BCUT2D eigenvalue weighted by atomic mass is 10.2. The minimum Gasteiger partial charge on any atom is -0.395 e. The van der Waals surface area contributed by atoms with Crippen molar-refractivity contribution in [3.63, 3.8) is 0 Å². The van der Waals surface area contributed by atoms with Gasteiger partial charge in [-0.15, -0.1) is 0 Å². The van der Waals surface area contributed by atoms with Crippen LogP contribution in [0.1, 0.15) is 12.5 Å². The Hall–Kier alpha value is -0.980. The van der Waals surface area contributed by atoms with E-state index in [4.69, 9.17) is 5.11 Å². The van der Waals surface area contributed by atoms with E-state index >= 15 is 0 Å². The fraction of sp³-hybridized carbons (Fsp3) is 0.455. The number of benzene rings is 1. The Morgan fingerprint density at radius 1 is 1.47 bits per heavy atom. The fourth-order valence-electron chi connectivity index (χ4n) is 1.25. The van der Waals surface area contributed by atoms with Gasteiger partial charge in [-0.2, -0.15) is 4.31 Å². The molecule has 0 aliphatic carbocycles. The number of hydrogen-bond donors (Lipinski definition) is 1. The third-order valence-electron chi connectivity index (χ3n) is 2.71. The van der Waals surface area contributed by atoms with Crippen molar-refractivity contribution in [2.75, 3.05) is 13.7 Å². The van der Waals surface area contributed by atoms with Gasteiger partial charge >= 0.3 is 0 Å². The number of hydrogen-bond acceptors (Lipinski definition) is 3. The van der Waals surface area contributed by atoms with Crippen molar-refractivity contribution in [3.8, 4) is 0 Å². The lowest BCUT2D eigenvalue weighted by Gasteiger charge is -2.22. The van der Waals surface area contributed by atoms with Crippen molar-refractivity contribution < 1.29 is 17.9 Å². The first-order chi connectivity index (χ1) is 7.80. The van der Waals surface area contributed by atoms with E-state index < -0.39 is 21.9 Å². The molecule has 1 N–H and O–H groups in total. The third kappa shape index (κ3) is 2.83. The summed E-state index contributed by atoms with van der Waals surface area (Å²) in [6.07, 6.45) is 0. The van der Waals surface area contributed by atoms with Crippen molar-refractivity contribution >= 4 is 10.0 Å². The lowest BCUT2D eigenvalue weighted by Crippen LogP contribution is -2.37. The van der Waals surface area contributed by atoms with Crippen LogP contribution in [0.5, 0.6) is 0 Å². The first-order valence-corrected chi connectivity index (χ1v) is 6.59. The van der Waals surface area contributed by atoms with Crippen LogP contribution in [0.15, 0.2) is 23.1 Å². The summed E-state index contributed by atoms with van der Waals surface area (Å²) < 4.78 is 38.4. The lowest BCUT2D eigenvalue weighted by molar-refractivity contribution is 0.214.